The Kier molecular flexibility index (Phi) is 9.24. The first-order valence-corrected chi connectivity index (χ1v) is 15.0. The van der Waals surface area contributed by atoms with Gasteiger partial charge < -0.3 is 10.1 Å². The first-order valence-electron chi connectivity index (χ1n) is 15.0. The van der Waals surface area contributed by atoms with Gasteiger partial charge in [-0.25, -0.2) is 0 Å². The van der Waals surface area contributed by atoms with Crippen LogP contribution in [0, 0.1) is 0 Å². The molecule has 7 nitrogen and oxygen atoms in total. The standard InChI is InChI=1S/C36H42N2O5/c1-8-30(43-31-20-19-23(35(4,5)9-2)21-27(31)36(6,7)10-3)32(40)37-28-18-14-13-17-26(28)29(39)22-38-33(41)24-15-11-12-16-25(24)34(38)42/h11-21,30H,8-10,22H2,1-7H3,(H,37,40). The van der Waals surface area contributed by atoms with Crippen LogP contribution in [0.25, 0.3) is 0 Å². The van der Waals surface area contributed by atoms with Crippen molar-refractivity contribution in [2.75, 3.05) is 11.9 Å². The van der Waals surface area contributed by atoms with Gasteiger partial charge in [0.05, 0.1) is 23.4 Å². The number of carbonyl (C=O) groups is 4. The van der Waals surface area contributed by atoms with E-state index in [-0.39, 0.29) is 33.4 Å². The molecule has 0 bridgehead atoms. The maximum Gasteiger partial charge on any atom is 0.265 e. The van der Waals surface area contributed by atoms with Crippen molar-refractivity contribution < 1.29 is 23.9 Å². The van der Waals surface area contributed by atoms with Crippen molar-refractivity contribution in [1.82, 2.24) is 4.90 Å². The van der Waals surface area contributed by atoms with Gasteiger partial charge >= 0.3 is 0 Å². The third-order valence-corrected chi connectivity index (χ3v) is 8.86. The third kappa shape index (κ3) is 6.41. The van der Waals surface area contributed by atoms with Gasteiger partial charge in [0.15, 0.2) is 11.9 Å². The minimum Gasteiger partial charge on any atom is -0.480 e. The van der Waals surface area contributed by atoms with Crippen LogP contribution in [0.4, 0.5) is 5.69 Å². The van der Waals surface area contributed by atoms with E-state index in [0.717, 1.165) is 23.3 Å². The number of anilines is 1. The molecule has 3 aromatic carbocycles. The molecule has 3 aromatic rings. The molecule has 0 fully saturated rings. The summed E-state index contributed by atoms with van der Waals surface area (Å²) in [6, 6.07) is 19.4. The summed E-state index contributed by atoms with van der Waals surface area (Å²) in [4.78, 5) is 53.5. The molecule has 0 saturated carbocycles. The highest BCUT2D eigenvalue weighted by atomic mass is 16.5. The second-order valence-corrected chi connectivity index (χ2v) is 12.4. The number of Topliss-reactive ketones (excluding diaryl/α,β-unsaturated/α-hetero) is 1. The van der Waals surface area contributed by atoms with Crippen LogP contribution in [0.1, 0.15) is 110 Å². The smallest absolute Gasteiger partial charge is 0.265 e. The Balaban J connectivity index is 1.55. The quantitative estimate of drug-likeness (QED) is 0.178. The summed E-state index contributed by atoms with van der Waals surface area (Å²) < 4.78 is 6.40. The van der Waals surface area contributed by atoms with Crippen molar-refractivity contribution in [3.05, 3.63) is 94.5 Å². The zero-order valence-electron chi connectivity index (χ0n) is 26.2. The number of hydrogen-bond donors (Lipinski definition) is 1. The Labute approximate surface area is 254 Å². The van der Waals surface area contributed by atoms with Gasteiger partial charge in [-0.1, -0.05) is 84.9 Å². The Morgan fingerprint density at radius 1 is 0.814 bits per heavy atom. The first-order chi connectivity index (χ1) is 20.3. The predicted molar refractivity (Wildman–Crippen MR) is 169 cm³/mol. The largest absolute Gasteiger partial charge is 0.480 e. The lowest BCUT2D eigenvalue weighted by molar-refractivity contribution is -0.122. The Hall–Kier alpha value is -4.26. The molecule has 0 radical (unpaired) electrons. The Morgan fingerprint density at radius 3 is 1.98 bits per heavy atom. The summed E-state index contributed by atoms with van der Waals surface area (Å²) in [5.41, 5.74) is 3.17. The number of para-hydroxylation sites is 1. The molecule has 226 valence electrons. The van der Waals surface area contributed by atoms with E-state index in [2.05, 4.69) is 59.0 Å². The lowest BCUT2D eigenvalue weighted by Gasteiger charge is -2.31. The summed E-state index contributed by atoms with van der Waals surface area (Å²) in [6.07, 6.45) is 1.48. The number of rotatable bonds is 12. The van der Waals surface area contributed by atoms with Crippen LogP contribution in [0.5, 0.6) is 5.75 Å². The molecule has 1 heterocycles. The minimum absolute atomic E-state index is 0.00195. The average Bonchev–Trinajstić information content (AvgIpc) is 3.24. The van der Waals surface area contributed by atoms with Gasteiger partial charge in [-0.3, -0.25) is 24.1 Å². The van der Waals surface area contributed by atoms with Crippen molar-refractivity contribution in [3.8, 4) is 5.75 Å². The fourth-order valence-corrected chi connectivity index (χ4v) is 5.11. The predicted octanol–water partition coefficient (Wildman–Crippen LogP) is 7.34. The van der Waals surface area contributed by atoms with E-state index in [9.17, 15) is 19.2 Å². The van der Waals surface area contributed by atoms with Gasteiger partial charge in [0, 0.05) is 11.1 Å². The lowest BCUT2D eigenvalue weighted by Crippen LogP contribution is -2.36. The van der Waals surface area contributed by atoms with E-state index in [1.54, 1.807) is 48.5 Å². The van der Waals surface area contributed by atoms with Crippen LogP contribution in [-0.4, -0.2) is 41.1 Å². The molecule has 0 aromatic heterocycles. The molecule has 0 aliphatic carbocycles. The molecular weight excluding hydrogens is 540 g/mol. The second-order valence-electron chi connectivity index (χ2n) is 12.4. The highest BCUT2D eigenvalue weighted by Crippen LogP contribution is 2.39. The SMILES string of the molecule is CCC(Oc1ccc(C(C)(C)CC)cc1C(C)(C)CC)C(=O)Nc1ccccc1C(=O)CN1C(=O)c2ccccc2C1=O. The normalized spacial score (nSPS) is 14.0. The molecule has 1 N–H and O–H groups in total. The fraction of sp³-hybridized carbons (Fsp3) is 0.389. The van der Waals surface area contributed by atoms with Gasteiger partial charge in [0.1, 0.15) is 5.75 Å². The van der Waals surface area contributed by atoms with E-state index in [0.29, 0.717) is 17.9 Å². The number of imide groups is 1. The van der Waals surface area contributed by atoms with Crippen LogP contribution in [0.3, 0.4) is 0 Å². The van der Waals surface area contributed by atoms with Gasteiger partial charge in [0.2, 0.25) is 0 Å². The molecule has 0 spiro atoms. The molecule has 1 aliphatic heterocycles. The molecule has 43 heavy (non-hydrogen) atoms. The van der Waals surface area contributed by atoms with E-state index in [4.69, 9.17) is 4.74 Å². The van der Waals surface area contributed by atoms with Crippen LogP contribution in [0.15, 0.2) is 66.7 Å². The van der Waals surface area contributed by atoms with Crippen molar-refractivity contribution >= 4 is 29.2 Å². The van der Waals surface area contributed by atoms with Crippen molar-refractivity contribution in [2.24, 2.45) is 0 Å². The van der Waals surface area contributed by atoms with Crippen molar-refractivity contribution in [3.63, 3.8) is 0 Å². The summed E-state index contributed by atoms with van der Waals surface area (Å²) in [5.74, 6) is -1.19. The third-order valence-electron chi connectivity index (χ3n) is 8.86. The first kappa shape index (κ1) is 31.7. The molecule has 4 rings (SSSR count). The highest BCUT2D eigenvalue weighted by molar-refractivity contribution is 6.23. The number of carbonyl (C=O) groups excluding carboxylic acids is 4. The Bertz CT molecular complexity index is 1520. The van der Waals surface area contributed by atoms with Crippen LogP contribution < -0.4 is 10.1 Å². The minimum atomic E-state index is -0.809. The fourth-order valence-electron chi connectivity index (χ4n) is 5.11. The van der Waals surface area contributed by atoms with Gasteiger partial charge in [-0.2, -0.15) is 0 Å². The van der Waals surface area contributed by atoms with E-state index in [1.807, 2.05) is 13.0 Å². The van der Waals surface area contributed by atoms with Crippen LogP contribution in [-0.2, 0) is 15.6 Å². The number of hydrogen-bond acceptors (Lipinski definition) is 5. The number of benzene rings is 3. The summed E-state index contributed by atoms with van der Waals surface area (Å²) in [5, 5.41) is 2.87. The van der Waals surface area contributed by atoms with Gasteiger partial charge in [-0.15, -0.1) is 0 Å². The number of ether oxygens (including phenoxy) is 1. The van der Waals surface area contributed by atoms with E-state index in [1.165, 1.54) is 5.56 Å². The van der Waals surface area contributed by atoms with E-state index < -0.39 is 30.2 Å². The molecule has 3 amide bonds. The summed E-state index contributed by atoms with van der Waals surface area (Å²) in [7, 11) is 0. The van der Waals surface area contributed by atoms with Crippen LogP contribution >= 0.6 is 0 Å². The van der Waals surface area contributed by atoms with Gasteiger partial charge in [-0.05, 0) is 66.0 Å². The molecule has 1 atom stereocenters. The monoisotopic (exact) mass is 582 g/mol. The molecule has 1 aliphatic rings. The zero-order chi connectivity index (χ0) is 31.5. The van der Waals surface area contributed by atoms with Crippen molar-refractivity contribution in [1.29, 1.82) is 0 Å². The number of amides is 3. The van der Waals surface area contributed by atoms with Crippen molar-refractivity contribution in [2.45, 2.75) is 84.7 Å². The number of ketones is 1. The number of nitrogens with one attached hydrogen (secondary N) is 1. The molecular formula is C36H42N2O5. The molecule has 1 unspecified atom stereocenters. The molecule has 7 heteroatoms. The maximum absolute atomic E-state index is 13.6. The molecule has 0 saturated heterocycles. The second kappa shape index (κ2) is 12.5. The Morgan fingerprint density at radius 2 is 1.40 bits per heavy atom. The van der Waals surface area contributed by atoms with Crippen LogP contribution in [0.2, 0.25) is 0 Å². The number of fused-ring (bicyclic) bond motifs is 1. The topological polar surface area (TPSA) is 92.8 Å². The summed E-state index contributed by atoms with van der Waals surface area (Å²) >= 11 is 0. The lowest BCUT2D eigenvalue weighted by atomic mass is 9.76. The maximum atomic E-state index is 13.6. The number of nitrogens with zero attached hydrogens (tertiary/aromatic N) is 1. The summed E-state index contributed by atoms with van der Waals surface area (Å²) in [6.45, 7) is 14.6. The average molecular weight is 583 g/mol. The zero-order valence-corrected chi connectivity index (χ0v) is 26.2. The van der Waals surface area contributed by atoms with E-state index >= 15 is 0 Å². The van der Waals surface area contributed by atoms with Gasteiger partial charge in [0.25, 0.3) is 17.7 Å². The highest BCUT2D eigenvalue weighted by Gasteiger charge is 2.37.